The van der Waals surface area contributed by atoms with Gasteiger partial charge in [0.05, 0.1) is 19.8 Å². The number of aliphatic hydroxyl groups is 10. The van der Waals surface area contributed by atoms with E-state index in [0.717, 1.165) is 0 Å². The van der Waals surface area contributed by atoms with Crippen LogP contribution in [0.3, 0.4) is 0 Å². The molecule has 19 nitrogen and oxygen atoms in total. The van der Waals surface area contributed by atoms with E-state index < -0.39 is 122 Å². The molecule has 0 amide bonds. The van der Waals surface area contributed by atoms with E-state index in [0.29, 0.717) is 0 Å². The lowest BCUT2D eigenvalue weighted by atomic mass is 9.97. The second-order valence-electron chi connectivity index (χ2n) is 8.87. The maximum atomic E-state index is 11.1. The van der Waals surface area contributed by atoms with Gasteiger partial charge in [0.2, 0.25) is 0 Å². The first-order valence-electron chi connectivity index (χ1n) is 11.3. The van der Waals surface area contributed by atoms with Gasteiger partial charge in [-0.25, -0.2) is 4.18 Å². The highest BCUT2D eigenvalue weighted by Crippen LogP contribution is 2.30. The van der Waals surface area contributed by atoms with Crippen LogP contribution in [0.25, 0.3) is 0 Å². The summed E-state index contributed by atoms with van der Waals surface area (Å²) in [7, 11) is -5.18. The van der Waals surface area contributed by atoms with Gasteiger partial charge in [0.15, 0.2) is 18.9 Å². The van der Waals surface area contributed by atoms with Crippen molar-refractivity contribution in [2.45, 2.75) is 92.1 Å². The van der Waals surface area contributed by atoms with Gasteiger partial charge in [-0.15, -0.1) is 0 Å². The predicted molar refractivity (Wildman–Crippen MR) is 112 cm³/mol. The molecule has 15 atom stereocenters. The first-order chi connectivity index (χ1) is 17.7. The largest absolute Gasteiger partial charge is 0.397 e. The average Bonchev–Trinajstić information content (AvgIpc) is 2.86. The minimum Gasteiger partial charge on any atom is -0.394 e. The lowest BCUT2D eigenvalue weighted by Gasteiger charge is -2.45. The summed E-state index contributed by atoms with van der Waals surface area (Å²) in [5.41, 5.74) is 0. The van der Waals surface area contributed by atoms with Gasteiger partial charge in [0.1, 0.15) is 73.2 Å². The minimum atomic E-state index is -5.18. The van der Waals surface area contributed by atoms with Crippen molar-refractivity contribution in [3.63, 3.8) is 0 Å². The molecular formula is C18H32O19S. The van der Waals surface area contributed by atoms with Crippen LogP contribution in [-0.4, -0.2) is 176 Å². The van der Waals surface area contributed by atoms with Gasteiger partial charge in [-0.3, -0.25) is 4.55 Å². The minimum absolute atomic E-state index is 0.756. The number of aliphatic hydroxyl groups excluding tert-OH is 10. The molecule has 0 radical (unpaired) electrons. The summed E-state index contributed by atoms with van der Waals surface area (Å²) in [4.78, 5) is 0. The second kappa shape index (κ2) is 12.8. The number of hydrogen-bond acceptors (Lipinski definition) is 18. The zero-order chi connectivity index (χ0) is 28.5. The van der Waals surface area contributed by atoms with Crippen molar-refractivity contribution in [2.24, 2.45) is 0 Å². The van der Waals surface area contributed by atoms with Crippen LogP contribution < -0.4 is 0 Å². The van der Waals surface area contributed by atoms with Gasteiger partial charge in [0.25, 0.3) is 0 Å². The molecule has 0 aromatic carbocycles. The smallest absolute Gasteiger partial charge is 0.394 e. The summed E-state index contributed by atoms with van der Waals surface area (Å²) >= 11 is 0. The van der Waals surface area contributed by atoms with E-state index in [9.17, 15) is 54.4 Å². The molecule has 0 bridgehead atoms. The molecule has 224 valence electrons. The molecule has 20 heteroatoms. The highest BCUT2D eigenvalue weighted by atomic mass is 32.3. The number of rotatable bonds is 9. The molecule has 0 saturated carbocycles. The van der Waals surface area contributed by atoms with Crippen LogP contribution in [0, 0.1) is 0 Å². The predicted octanol–water partition coefficient (Wildman–Crippen LogP) is -7.75. The van der Waals surface area contributed by atoms with Gasteiger partial charge in [-0.2, -0.15) is 8.42 Å². The van der Waals surface area contributed by atoms with E-state index in [-0.39, 0.29) is 0 Å². The zero-order valence-corrected chi connectivity index (χ0v) is 20.2. The molecule has 3 heterocycles. The Balaban J connectivity index is 1.69. The molecule has 0 aromatic rings. The third kappa shape index (κ3) is 6.94. The highest BCUT2D eigenvalue weighted by molar-refractivity contribution is 7.80. The van der Waals surface area contributed by atoms with Gasteiger partial charge in [-0.05, 0) is 0 Å². The Hall–Kier alpha value is -0.730. The van der Waals surface area contributed by atoms with Crippen molar-refractivity contribution in [1.82, 2.24) is 0 Å². The van der Waals surface area contributed by atoms with E-state index in [1.165, 1.54) is 0 Å². The quantitative estimate of drug-likeness (QED) is 0.112. The monoisotopic (exact) mass is 584 g/mol. The summed E-state index contributed by atoms with van der Waals surface area (Å²) in [6.07, 6.45) is -27.3. The third-order valence-electron chi connectivity index (χ3n) is 6.28. The lowest BCUT2D eigenvalue weighted by Crippen LogP contribution is -2.65. The fourth-order valence-corrected chi connectivity index (χ4v) is 4.68. The molecule has 3 aliphatic rings. The summed E-state index contributed by atoms with van der Waals surface area (Å²) < 4.78 is 61.3. The van der Waals surface area contributed by atoms with Gasteiger partial charge < -0.3 is 74.7 Å². The fourth-order valence-electron chi connectivity index (χ4n) is 4.17. The number of hydrogen-bond donors (Lipinski definition) is 11. The zero-order valence-electron chi connectivity index (χ0n) is 19.4. The van der Waals surface area contributed by atoms with Crippen LogP contribution in [-0.2, 0) is 38.3 Å². The second-order valence-corrected chi connectivity index (χ2v) is 9.92. The van der Waals surface area contributed by atoms with E-state index in [2.05, 4.69) is 4.18 Å². The summed E-state index contributed by atoms with van der Waals surface area (Å²) in [6, 6.07) is 0. The van der Waals surface area contributed by atoms with Gasteiger partial charge in [0, 0.05) is 0 Å². The Labute approximate surface area is 214 Å². The van der Waals surface area contributed by atoms with Crippen LogP contribution in [0.2, 0.25) is 0 Å². The van der Waals surface area contributed by atoms with E-state index >= 15 is 0 Å². The molecule has 38 heavy (non-hydrogen) atoms. The van der Waals surface area contributed by atoms with Crippen LogP contribution in [0.15, 0.2) is 0 Å². The molecular weight excluding hydrogens is 552 g/mol. The Morgan fingerprint density at radius 2 is 1.16 bits per heavy atom. The van der Waals surface area contributed by atoms with Crippen molar-refractivity contribution in [2.75, 3.05) is 19.8 Å². The first-order valence-corrected chi connectivity index (χ1v) is 12.6. The fraction of sp³-hybridized carbons (Fsp3) is 1.00. The molecule has 3 saturated heterocycles. The molecule has 0 aliphatic carbocycles. The Bertz CT molecular complexity index is 861. The Kier molecular flexibility index (Phi) is 10.7. The summed E-state index contributed by atoms with van der Waals surface area (Å²) in [6.45, 7) is -2.44. The van der Waals surface area contributed by atoms with Crippen molar-refractivity contribution < 1.29 is 91.9 Å². The van der Waals surface area contributed by atoms with Crippen LogP contribution >= 0.6 is 0 Å². The molecule has 0 spiro atoms. The van der Waals surface area contributed by atoms with Crippen molar-refractivity contribution in [3.05, 3.63) is 0 Å². The molecule has 3 fully saturated rings. The van der Waals surface area contributed by atoms with E-state index in [4.69, 9.17) is 33.3 Å². The summed E-state index contributed by atoms with van der Waals surface area (Å²) in [5, 5.41) is 100. The van der Waals surface area contributed by atoms with Gasteiger partial charge >= 0.3 is 10.4 Å². The molecule has 3 aliphatic heterocycles. The third-order valence-corrected chi connectivity index (χ3v) is 6.75. The SMILES string of the molecule is O=S(=O)(O)O[C@H]1[C@@H](O)[C@@H](CO)O[C@@H](OC[C@H]2O[C@H](O[C@H]3C(O)O[C@H](CO)[C@@H](O)[C@@H]3O)[C@@H](O)[C@@H](O)[C@@H]2O)[C@@H]1O. The van der Waals surface area contributed by atoms with Crippen molar-refractivity contribution in [1.29, 1.82) is 0 Å². The molecule has 11 N–H and O–H groups in total. The average molecular weight is 585 g/mol. The maximum absolute atomic E-state index is 11.1. The molecule has 3 rings (SSSR count). The van der Waals surface area contributed by atoms with E-state index in [1.807, 2.05) is 0 Å². The Morgan fingerprint density at radius 1 is 0.605 bits per heavy atom. The maximum Gasteiger partial charge on any atom is 0.397 e. The highest BCUT2D eigenvalue weighted by Gasteiger charge is 2.52. The molecule has 1 unspecified atom stereocenters. The Morgan fingerprint density at radius 3 is 1.74 bits per heavy atom. The topological polar surface area (TPSA) is 312 Å². The number of ether oxygens (including phenoxy) is 5. The first kappa shape index (κ1) is 31.8. The normalized spacial score (nSPS) is 48.7. The van der Waals surface area contributed by atoms with Crippen LogP contribution in [0.4, 0.5) is 0 Å². The molecule has 0 aromatic heterocycles. The summed E-state index contributed by atoms with van der Waals surface area (Å²) in [5.74, 6) is 0. The van der Waals surface area contributed by atoms with Crippen molar-refractivity contribution in [3.8, 4) is 0 Å². The van der Waals surface area contributed by atoms with Crippen LogP contribution in [0.1, 0.15) is 0 Å². The van der Waals surface area contributed by atoms with E-state index in [1.54, 1.807) is 0 Å². The lowest BCUT2D eigenvalue weighted by molar-refractivity contribution is -0.367. The standard InChI is InChI=1S/C18H32O19S/c19-1-4-7(21)11(25)15(16(28)33-4)36-18-12(26)10(24)8(22)6(35-18)3-32-17-13(27)14(37-38(29,30)31)9(23)5(2-20)34-17/h4-28H,1-3H2,(H,29,30,31)/t4-,5-,6-,7-,8-,9+,10+,11+,12+,13-,14+,15-,16?,17-,18-/m1/s1. The van der Waals surface area contributed by atoms with Crippen LogP contribution in [0.5, 0.6) is 0 Å². The van der Waals surface area contributed by atoms with Crippen molar-refractivity contribution >= 4 is 10.4 Å². The van der Waals surface area contributed by atoms with Gasteiger partial charge in [-0.1, -0.05) is 0 Å².